The van der Waals surface area contributed by atoms with Crippen LogP contribution in [0.5, 0.6) is 0 Å². The Labute approximate surface area is 163 Å². The number of aromatic nitrogens is 3. The van der Waals surface area contributed by atoms with Gasteiger partial charge in [0.2, 0.25) is 11.9 Å². The molecular weight excluding hydrogens is 404 g/mol. The molecule has 2 aliphatic carbocycles. The second-order valence-corrected chi connectivity index (χ2v) is 7.45. The van der Waals surface area contributed by atoms with Crippen molar-refractivity contribution >= 4 is 17.5 Å². The first-order valence-electron chi connectivity index (χ1n) is 9.14. The van der Waals surface area contributed by atoms with Gasteiger partial charge in [0, 0.05) is 31.5 Å². The van der Waals surface area contributed by atoms with Crippen molar-refractivity contribution in [1.82, 2.24) is 15.0 Å². The molecule has 1 aromatic rings. The van der Waals surface area contributed by atoms with Crippen molar-refractivity contribution in [3.8, 4) is 0 Å². The lowest BCUT2D eigenvalue weighted by Gasteiger charge is -2.35. The number of hydrogen-bond acceptors (Lipinski definition) is 6. The number of aliphatic hydroxyl groups excluding tert-OH is 1. The average molecular weight is 425 g/mol. The van der Waals surface area contributed by atoms with Crippen LogP contribution in [0.25, 0.3) is 5.57 Å². The van der Waals surface area contributed by atoms with Crippen LogP contribution in [-0.4, -0.2) is 57.4 Å². The van der Waals surface area contributed by atoms with E-state index in [4.69, 9.17) is 0 Å². The quantitative estimate of drug-likeness (QED) is 0.701. The normalized spacial score (nSPS) is 23.6. The van der Waals surface area contributed by atoms with E-state index in [0.29, 0.717) is 6.42 Å². The zero-order valence-electron chi connectivity index (χ0n) is 15.8. The van der Waals surface area contributed by atoms with Gasteiger partial charge in [-0.25, -0.2) is 13.2 Å². The number of rotatable bonds is 5. The summed E-state index contributed by atoms with van der Waals surface area (Å²) >= 11 is 0. The molecule has 0 unspecified atom stereocenters. The molecule has 1 aromatic heterocycles. The van der Waals surface area contributed by atoms with Gasteiger partial charge in [0.15, 0.2) is 5.82 Å². The van der Waals surface area contributed by atoms with Gasteiger partial charge < -0.3 is 15.3 Å². The van der Waals surface area contributed by atoms with Crippen molar-refractivity contribution < 1.29 is 31.4 Å². The highest BCUT2D eigenvalue weighted by molar-refractivity contribution is 5.65. The summed E-state index contributed by atoms with van der Waals surface area (Å²) in [5.74, 6) is -4.48. The fourth-order valence-corrected chi connectivity index (χ4v) is 3.20. The Hall–Kier alpha value is -2.11. The standard InChI is InChI=1S/C17H21F6N5O/c1-8(17(21,22)23)28(2)15-26-13(10-4-3-5-11(29)12(10)18)25-14(27-15)24-9-6-16(19,20)7-9/h8-9,11,29H,3-7H2,1-2H3,(H,24,25,26,27)/t8-,11-/m1/s1. The minimum Gasteiger partial charge on any atom is -0.386 e. The molecule has 2 N–H and O–H groups in total. The highest BCUT2D eigenvalue weighted by Gasteiger charge is 2.46. The van der Waals surface area contributed by atoms with Crippen molar-refractivity contribution in [1.29, 1.82) is 0 Å². The van der Waals surface area contributed by atoms with Gasteiger partial charge in [-0.05, 0) is 26.2 Å². The third-order valence-electron chi connectivity index (χ3n) is 5.17. The second kappa shape index (κ2) is 7.62. The highest BCUT2D eigenvalue weighted by Crippen LogP contribution is 2.39. The summed E-state index contributed by atoms with van der Waals surface area (Å²) in [6.07, 6.45) is -6.00. The van der Waals surface area contributed by atoms with Crippen molar-refractivity contribution in [2.24, 2.45) is 0 Å². The predicted molar refractivity (Wildman–Crippen MR) is 93.2 cm³/mol. The van der Waals surface area contributed by atoms with E-state index in [9.17, 15) is 31.4 Å². The smallest absolute Gasteiger partial charge is 0.386 e. The molecule has 1 fully saturated rings. The van der Waals surface area contributed by atoms with Crippen molar-refractivity contribution in [3.63, 3.8) is 0 Å². The fraction of sp³-hybridized carbons (Fsp3) is 0.706. The molecule has 12 heteroatoms. The first kappa shape index (κ1) is 21.6. The number of halogens is 6. The third-order valence-corrected chi connectivity index (χ3v) is 5.17. The van der Waals surface area contributed by atoms with E-state index in [1.165, 1.54) is 0 Å². The van der Waals surface area contributed by atoms with E-state index in [0.717, 1.165) is 18.9 Å². The first-order chi connectivity index (χ1) is 13.4. The van der Waals surface area contributed by atoms with E-state index in [2.05, 4.69) is 20.3 Å². The molecule has 0 amide bonds. The van der Waals surface area contributed by atoms with Crippen LogP contribution >= 0.6 is 0 Å². The molecule has 1 saturated carbocycles. The SMILES string of the molecule is C[C@@H](N(C)c1nc(NC2CC(F)(F)C2)nc(C2=C(F)[C@H](O)CCC2)n1)C(F)(F)F. The summed E-state index contributed by atoms with van der Waals surface area (Å²) in [5, 5.41) is 12.4. The number of allylic oxidation sites excluding steroid dienone is 1. The summed E-state index contributed by atoms with van der Waals surface area (Å²) in [6, 6.07) is -2.61. The summed E-state index contributed by atoms with van der Waals surface area (Å²) in [4.78, 5) is 12.7. The Bertz CT molecular complexity index is 791. The maximum absolute atomic E-state index is 14.4. The van der Waals surface area contributed by atoms with Crippen LogP contribution in [-0.2, 0) is 0 Å². The fourth-order valence-electron chi connectivity index (χ4n) is 3.20. The van der Waals surface area contributed by atoms with E-state index < -0.39 is 49.0 Å². The molecule has 0 saturated heterocycles. The Morgan fingerprint density at radius 2 is 1.86 bits per heavy atom. The molecule has 3 rings (SSSR count). The zero-order valence-corrected chi connectivity index (χ0v) is 15.8. The van der Waals surface area contributed by atoms with Crippen LogP contribution in [0.15, 0.2) is 5.83 Å². The topological polar surface area (TPSA) is 74.2 Å². The average Bonchev–Trinajstić information content (AvgIpc) is 2.60. The molecule has 0 radical (unpaired) electrons. The number of anilines is 2. The van der Waals surface area contributed by atoms with Crippen molar-refractivity contribution in [3.05, 3.63) is 11.7 Å². The number of alkyl halides is 5. The van der Waals surface area contributed by atoms with Crippen molar-refractivity contribution in [2.75, 3.05) is 17.3 Å². The monoisotopic (exact) mass is 425 g/mol. The molecule has 2 atom stereocenters. The molecule has 0 spiro atoms. The van der Waals surface area contributed by atoms with Gasteiger partial charge in [0.05, 0.1) is 0 Å². The van der Waals surface area contributed by atoms with E-state index in [-0.39, 0.29) is 36.1 Å². The summed E-state index contributed by atoms with van der Waals surface area (Å²) in [6.45, 7) is 0.910. The number of hydrogen-bond donors (Lipinski definition) is 2. The molecule has 0 aromatic carbocycles. The maximum atomic E-state index is 14.4. The second-order valence-electron chi connectivity index (χ2n) is 7.45. The first-order valence-corrected chi connectivity index (χ1v) is 9.14. The summed E-state index contributed by atoms with van der Waals surface area (Å²) in [5.41, 5.74) is -0.0255. The molecule has 2 aliphatic rings. The predicted octanol–water partition coefficient (Wildman–Crippen LogP) is 3.69. The highest BCUT2D eigenvalue weighted by atomic mass is 19.4. The van der Waals surface area contributed by atoms with Crippen LogP contribution in [0.1, 0.15) is 44.9 Å². The Morgan fingerprint density at radius 3 is 2.45 bits per heavy atom. The largest absolute Gasteiger partial charge is 0.408 e. The van der Waals surface area contributed by atoms with Crippen LogP contribution < -0.4 is 10.2 Å². The van der Waals surface area contributed by atoms with Gasteiger partial charge in [0.1, 0.15) is 18.0 Å². The van der Waals surface area contributed by atoms with Gasteiger partial charge in [-0.3, -0.25) is 0 Å². The zero-order chi connectivity index (χ0) is 21.6. The molecule has 29 heavy (non-hydrogen) atoms. The molecule has 0 bridgehead atoms. The number of aliphatic hydroxyl groups is 1. The van der Waals surface area contributed by atoms with Crippen molar-refractivity contribution in [2.45, 2.75) is 69.3 Å². The van der Waals surface area contributed by atoms with E-state index in [1.54, 1.807) is 0 Å². The van der Waals surface area contributed by atoms with Gasteiger partial charge >= 0.3 is 6.18 Å². The van der Waals surface area contributed by atoms with Gasteiger partial charge in [-0.15, -0.1) is 0 Å². The lowest BCUT2D eigenvalue weighted by Crippen LogP contribution is -2.45. The summed E-state index contributed by atoms with van der Waals surface area (Å²) in [7, 11) is 1.12. The van der Waals surface area contributed by atoms with Crippen LogP contribution in [0.2, 0.25) is 0 Å². The van der Waals surface area contributed by atoms with E-state index in [1.807, 2.05) is 0 Å². The third kappa shape index (κ3) is 4.73. The molecule has 1 heterocycles. The van der Waals surface area contributed by atoms with Gasteiger partial charge in [0.25, 0.3) is 5.92 Å². The number of nitrogens with zero attached hydrogens (tertiary/aromatic N) is 4. The minimum absolute atomic E-state index is 0.0255. The molecule has 6 nitrogen and oxygen atoms in total. The van der Waals surface area contributed by atoms with Gasteiger partial charge in [-0.1, -0.05) is 0 Å². The Morgan fingerprint density at radius 1 is 1.21 bits per heavy atom. The molecule has 0 aliphatic heterocycles. The minimum atomic E-state index is -4.57. The van der Waals surface area contributed by atoms with E-state index >= 15 is 0 Å². The van der Waals surface area contributed by atoms with Crippen LogP contribution in [0, 0.1) is 0 Å². The summed E-state index contributed by atoms with van der Waals surface area (Å²) < 4.78 is 79.9. The van der Waals surface area contributed by atoms with Gasteiger partial charge in [-0.2, -0.15) is 28.1 Å². The Balaban J connectivity index is 1.97. The van der Waals surface area contributed by atoms with Crippen LogP contribution in [0.4, 0.5) is 38.2 Å². The molecule has 162 valence electrons. The molecular formula is C17H21F6N5O. The lowest BCUT2D eigenvalue weighted by atomic mass is 9.88. The lowest BCUT2D eigenvalue weighted by molar-refractivity contribution is -0.144. The number of nitrogens with one attached hydrogen (secondary N) is 1. The van der Waals surface area contributed by atoms with Crippen LogP contribution in [0.3, 0.4) is 0 Å². The maximum Gasteiger partial charge on any atom is 0.408 e. The Kier molecular flexibility index (Phi) is 5.67.